The van der Waals surface area contributed by atoms with Gasteiger partial charge in [-0.25, -0.2) is 0 Å². The van der Waals surface area contributed by atoms with Crippen LogP contribution >= 0.6 is 0 Å². The van der Waals surface area contributed by atoms with E-state index in [-0.39, 0.29) is 24.2 Å². The van der Waals surface area contributed by atoms with Crippen LogP contribution in [0.15, 0.2) is 12.1 Å². The summed E-state index contributed by atoms with van der Waals surface area (Å²) in [6.45, 7) is 7.51. The van der Waals surface area contributed by atoms with Crippen molar-refractivity contribution in [3.8, 4) is 17.2 Å². The molecule has 150 valence electrons. The zero-order valence-corrected chi connectivity index (χ0v) is 16.9. The molecule has 1 N–H and O–H groups in total. The second kappa shape index (κ2) is 7.58. The number of fused-ring (bicyclic) bond motifs is 1. The lowest BCUT2D eigenvalue weighted by atomic mass is 9.76. The van der Waals surface area contributed by atoms with Crippen molar-refractivity contribution >= 4 is 5.97 Å². The third-order valence-corrected chi connectivity index (χ3v) is 5.98. The number of carboxylic acids is 1. The van der Waals surface area contributed by atoms with E-state index in [1.165, 1.54) is 0 Å². The Hall–Kier alpha value is -1.95. The maximum Gasteiger partial charge on any atom is 0.308 e. The topological polar surface area (TPSA) is 68.2 Å². The monoisotopic (exact) mass is 377 g/mol. The fraction of sp³-hybridized carbons (Fsp3) is 0.667. The van der Waals surface area contributed by atoms with E-state index in [4.69, 9.17) is 14.2 Å². The van der Waals surface area contributed by atoms with Crippen LogP contribution in [0, 0.1) is 11.3 Å². The van der Waals surface area contributed by atoms with E-state index >= 15 is 0 Å². The van der Waals surface area contributed by atoms with E-state index in [1.54, 1.807) is 7.11 Å². The summed E-state index contributed by atoms with van der Waals surface area (Å²) < 4.78 is 16.5. The number of rotatable bonds is 7. The van der Waals surface area contributed by atoms with Crippen LogP contribution in [0.4, 0.5) is 0 Å². The second-order valence-corrected chi connectivity index (χ2v) is 8.55. The number of likely N-dealkylation sites (N-methyl/N-ethyl adjacent to an activating group) is 1. The number of aliphatic carboxylic acids is 1. The van der Waals surface area contributed by atoms with E-state index in [0.717, 1.165) is 24.8 Å². The maximum absolute atomic E-state index is 12.3. The van der Waals surface area contributed by atoms with Gasteiger partial charge in [-0.3, -0.25) is 4.79 Å². The third kappa shape index (κ3) is 3.86. The summed E-state index contributed by atoms with van der Waals surface area (Å²) in [7, 11) is 3.62. The molecule has 0 spiro atoms. The minimum atomic E-state index is -0.738. The molecule has 3 rings (SSSR count). The van der Waals surface area contributed by atoms with E-state index in [0.29, 0.717) is 23.8 Å². The minimum absolute atomic E-state index is 0.00506. The molecule has 0 radical (unpaired) electrons. The molecule has 0 bridgehead atoms. The average Bonchev–Trinajstić information content (AvgIpc) is 3.18. The molecular formula is C21H31NO5. The van der Waals surface area contributed by atoms with Gasteiger partial charge in [0.1, 0.15) is 0 Å². The molecule has 6 heteroatoms. The maximum atomic E-state index is 12.3. The summed E-state index contributed by atoms with van der Waals surface area (Å²) in [5.41, 5.74) is 1.05. The molecule has 6 nitrogen and oxygen atoms in total. The van der Waals surface area contributed by atoms with Crippen LogP contribution in [-0.4, -0.2) is 49.5 Å². The SMILES string of the molecule is CCCC(C)(C)C[C@H]1[C@H](C(=O)O)[C@@H](c2cc(OC)c3c(c2)OCO3)CN1C. The van der Waals surface area contributed by atoms with E-state index in [2.05, 4.69) is 25.7 Å². The molecule has 0 saturated carbocycles. The first-order chi connectivity index (χ1) is 12.8. The number of nitrogens with zero attached hydrogens (tertiary/aromatic N) is 1. The predicted octanol–water partition coefficient (Wildman–Crippen LogP) is 3.74. The summed E-state index contributed by atoms with van der Waals surface area (Å²) in [5.74, 6) is 0.514. The van der Waals surface area contributed by atoms with Crippen molar-refractivity contribution in [2.75, 3.05) is 27.5 Å². The molecule has 1 aromatic rings. The Bertz CT molecular complexity index is 702. The van der Waals surface area contributed by atoms with Crippen molar-refractivity contribution in [3.05, 3.63) is 17.7 Å². The molecule has 2 heterocycles. The van der Waals surface area contributed by atoms with Crippen LogP contribution in [-0.2, 0) is 4.79 Å². The zero-order valence-electron chi connectivity index (χ0n) is 16.9. The van der Waals surface area contributed by atoms with E-state index in [1.807, 2.05) is 19.2 Å². The van der Waals surface area contributed by atoms with Crippen molar-refractivity contribution in [2.45, 2.75) is 52.0 Å². The number of likely N-dealkylation sites (tertiary alicyclic amines) is 1. The number of carboxylic acid groups (broad SMARTS) is 1. The molecule has 0 aliphatic carbocycles. The Labute approximate surface area is 161 Å². The summed E-state index contributed by atoms with van der Waals surface area (Å²) in [6.07, 6.45) is 3.06. The lowest BCUT2D eigenvalue weighted by Gasteiger charge is -2.33. The van der Waals surface area contributed by atoms with Crippen LogP contribution < -0.4 is 14.2 Å². The van der Waals surface area contributed by atoms with Gasteiger partial charge in [-0.15, -0.1) is 0 Å². The predicted molar refractivity (Wildman–Crippen MR) is 103 cm³/mol. The molecule has 2 aliphatic rings. The van der Waals surface area contributed by atoms with Gasteiger partial charge < -0.3 is 24.2 Å². The van der Waals surface area contributed by atoms with Gasteiger partial charge in [-0.2, -0.15) is 0 Å². The number of benzene rings is 1. The number of methoxy groups -OCH3 is 1. The third-order valence-electron chi connectivity index (χ3n) is 5.98. The van der Waals surface area contributed by atoms with Gasteiger partial charge in [0.25, 0.3) is 0 Å². The lowest BCUT2D eigenvalue weighted by Crippen LogP contribution is -2.37. The van der Waals surface area contributed by atoms with Gasteiger partial charge >= 0.3 is 5.97 Å². The standard InChI is InChI=1S/C21H31NO5/c1-6-7-21(2,3)10-15-18(20(23)24)14(11-22(15)4)13-8-16(25-5)19-17(9-13)26-12-27-19/h8-9,14-15,18H,6-7,10-12H2,1-5H3,(H,23,24)/t14-,15+,18-/m1/s1. The summed E-state index contributed by atoms with van der Waals surface area (Å²) in [4.78, 5) is 14.5. The number of carbonyl (C=O) groups is 1. The summed E-state index contributed by atoms with van der Waals surface area (Å²) in [5, 5.41) is 10.1. The van der Waals surface area contributed by atoms with Gasteiger partial charge in [0.15, 0.2) is 11.5 Å². The van der Waals surface area contributed by atoms with Gasteiger partial charge in [-0.1, -0.05) is 27.2 Å². The molecule has 1 saturated heterocycles. The van der Waals surface area contributed by atoms with Gasteiger partial charge in [0.2, 0.25) is 12.5 Å². The molecule has 0 aromatic heterocycles. The van der Waals surface area contributed by atoms with Crippen molar-refractivity contribution < 1.29 is 24.1 Å². The van der Waals surface area contributed by atoms with Gasteiger partial charge in [0, 0.05) is 18.5 Å². The van der Waals surface area contributed by atoms with Crippen LogP contribution in [0.3, 0.4) is 0 Å². The Morgan fingerprint density at radius 1 is 1.37 bits per heavy atom. The minimum Gasteiger partial charge on any atom is -0.493 e. The Balaban J connectivity index is 1.93. The average molecular weight is 377 g/mol. The normalized spacial score (nSPS) is 25.0. The van der Waals surface area contributed by atoms with Crippen molar-refractivity contribution in [3.63, 3.8) is 0 Å². The first kappa shape index (κ1) is 19.8. The molecule has 0 amide bonds. The fourth-order valence-electron chi connectivity index (χ4n) is 4.74. The highest BCUT2D eigenvalue weighted by molar-refractivity contribution is 5.73. The number of ether oxygens (including phenoxy) is 3. The first-order valence-corrected chi connectivity index (χ1v) is 9.68. The molecular weight excluding hydrogens is 346 g/mol. The van der Waals surface area contributed by atoms with E-state index < -0.39 is 11.9 Å². The molecule has 0 unspecified atom stereocenters. The van der Waals surface area contributed by atoms with Crippen LogP contribution in [0.2, 0.25) is 0 Å². The molecule has 3 atom stereocenters. The highest BCUT2D eigenvalue weighted by atomic mass is 16.7. The molecule has 1 aromatic carbocycles. The van der Waals surface area contributed by atoms with Gasteiger partial charge in [0.05, 0.1) is 13.0 Å². The zero-order chi connectivity index (χ0) is 19.8. The van der Waals surface area contributed by atoms with Crippen molar-refractivity contribution in [2.24, 2.45) is 11.3 Å². The van der Waals surface area contributed by atoms with Crippen molar-refractivity contribution in [1.29, 1.82) is 0 Å². The largest absolute Gasteiger partial charge is 0.493 e. The van der Waals surface area contributed by atoms with Crippen LogP contribution in [0.5, 0.6) is 17.2 Å². The fourth-order valence-corrected chi connectivity index (χ4v) is 4.74. The van der Waals surface area contributed by atoms with Crippen LogP contribution in [0.25, 0.3) is 0 Å². The number of hydrogen-bond acceptors (Lipinski definition) is 5. The van der Waals surface area contributed by atoms with E-state index in [9.17, 15) is 9.90 Å². The molecule has 2 aliphatic heterocycles. The van der Waals surface area contributed by atoms with Crippen LogP contribution in [0.1, 0.15) is 51.5 Å². The number of hydrogen-bond donors (Lipinski definition) is 1. The first-order valence-electron chi connectivity index (χ1n) is 9.68. The highest BCUT2D eigenvalue weighted by Crippen LogP contribution is 2.48. The lowest BCUT2D eigenvalue weighted by molar-refractivity contribution is -0.143. The van der Waals surface area contributed by atoms with Crippen molar-refractivity contribution in [1.82, 2.24) is 4.90 Å². The Kier molecular flexibility index (Phi) is 5.56. The molecule has 27 heavy (non-hydrogen) atoms. The Morgan fingerprint density at radius 3 is 2.74 bits per heavy atom. The summed E-state index contributed by atoms with van der Waals surface area (Å²) >= 11 is 0. The Morgan fingerprint density at radius 2 is 2.11 bits per heavy atom. The highest BCUT2D eigenvalue weighted by Gasteiger charge is 2.47. The summed E-state index contributed by atoms with van der Waals surface area (Å²) in [6, 6.07) is 3.82. The second-order valence-electron chi connectivity index (χ2n) is 8.55. The van der Waals surface area contributed by atoms with Gasteiger partial charge in [-0.05, 0) is 43.0 Å². The quantitative estimate of drug-likeness (QED) is 0.781. The smallest absolute Gasteiger partial charge is 0.308 e. The molecule has 1 fully saturated rings.